The summed E-state index contributed by atoms with van der Waals surface area (Å²) in [5.74, 6) is -0.319. The second kappa shape index (κ2) is 5.78. The number of hydrogen-bond acceptors (Lipinski definition) is 3. The van der Waals surface area contributed by atoms with Crippen LogP contribution >= 0.6 is 0 Å². The number of nitrogens with zero attached hydrogens (tertiary/aromatic N) is 2. The molecule has 0 bridgehead atoms. The molecule has 6 heteroatoms. The van der Waals surface area contributed by atoms with E-state index >= 15 is 0 Å². The fourth-order valence-electron chi connectivity index (χ4n) is 2.85. The van der Waals surface area contributed by atoms with Gasteiger partial charge >= 0.3 is 0 Å². The van der Waals surface area contributed by atoms with E-state index in [1.165, 1.54) is 22.5 Å². The van der Waals surface area contributed by atoms with Crippen LogP contribution in [0.4, 0.5) is 4.39 Å². The summed E-state index contributed by atoms with van der Waals surface area (Å²) in [6.07, 6.45) is 2.47. The quantitative estimate of drug-likeness (QED) is 0.874. The van der Waals surface area contributed by atoms with Gasteiger partial charge in [-0.25, -0.2) is 12.8 Å². The Balaban J connectivity index is 1.85. The van der Waals surface area contributed by atoms with Crippen LogP contribution in [0.1, 0.15) is 23.6 Å². The molecular formula is C16H17FN2O2S. The van der Waals surface area contributed by atoms with E-state index in [0.29, 0.717) is 18.7 Å². The van der Waals surface area contributed by atoms with Crippen molar-refractivity contribution >= 4 is 10.0 Å². The third kappa shape index (κ3) is 2.76. The number of pyridine rings is 1. The van der Waals surface area contributed by atoms with Gasteiger partial charge in [-0.1, -0.05) is 6.07 Å². The third-order valence-corrected chi connectivity index (χ3v) is 6.04. The van der Waals surface area contributed by atoms with Crippen molar-refractivity contribution < 1.29 is 12.8 Å². The molecule has 2 aromatic rings. The van der Waals surface area contributed by atoms with E-state index in [9.17, 15) is 12.8 Å². The molecule has 1 aromatic carbocycles. The van der Waals surface area contributed by atoms with Crippen LogP contribution in [-0.4, -0.2) is 30.8 Å². The van der Waals surface area contributed by atoms with Crippen molar-refractivity contribution in [1.29, 1.82) is 0 Å². The lowest BCUT2D eigenvalue weighted by Gasteiger charge is -2.18. The average molecular weight is 320 g/mol. The summed E-state index contributed by atoms with van der Waals surface area (Å²) in [5, 5.41) is 0. The largest absolute Gasteiger partial charge is 0.261 e. The Hall–Kier alpha value is -1.79. The molecule has 0 aliphatic carbocycles. The van der Waals surface area contributed by atoms with Gasteiger partial charge in [-0.05, 0) is 49.2 Å². The van der Waals surface area contributed by atoms with Crippen molar-refractivity contribution in [3.05, 3.63) is 59.7 Å². The van der Waals surface area contributed by atoms with Crippen LogP contribution in [0, 0.1) is 12.7 Å². The molecule has 0 radical (unpaired) electrons. The number of rotatable bonds is 3. The van der Waals surface area contributed by atoms with Gasteiger partial charge in [0.05, 0.1) is 4.90 Å². The van der Waals surface area contributed by atoms with Crippen molar-refractivity contribution in [1.82, 2.24) is 9.29 Å². The zero-order valence-corrected chi connectivity index (χ0v) is 13.1. The third-order valence-electron chi connectivity index (χ3n) is 4.01. The number of halogens is 1. The van der Waals surface area contributed by atoms with Crippen molar-refractivity contribution in [2.24, 2.45) is 0 Å². The summed E-state index contributed by atoms with van der Waals surface area (Å²) < 4.78 is 40.1. The van der Waals surface area contributed by atoms with Gasteiger partial charge in [0, 0.05) is 30.9 Å². The minimum atomic E-state index is -3.59. The molecule has 0 amide bonds. The van der Waals surface area contributed by atoms with Crippen LogP contribution in [0.3, 0.4) is 0 Å². The number of aromatic nitrogens is 1. The topological polar surface area (TPSA) is 50.3 Å². The molecule has 1 unspecified atom stereocenters. The minimum Gasteiger partial charge on any atom is -0.261 e. The predicted octanol–water partition coefficient (Wildman–Crippen LogP) is 2.71. The first kappa shape index (κ1) is 15.1. The van der Waals surface area contributed by atoms with Crippen LogP contribution in [0.15, 0.2) is 47.5 Å². The van der Waals surface area contributed by atoms with Gasteiger partial charge in [0.2, 0.25) is 10.0 Å². The second-order valence-corrected chi connectivity index (χ2v) is 7.42. The van der Waals surface area contributed by atoms with E-state index in [2.05, 4.69) is 4.98 Å². The zero-order valence-electron chi connectivity index (χ0n) is 12.2. The maximum absolute atomic E-state index is 13.2. The molecule has 1 aromatic heterocycles. The molecule has 4 nitrogen and oxygen atoms in total. The van der Waals surface area contributed by atoms with Crippen LogP contribution < -0.4 is 0 Å². The highest BCUT2D eigenvalue weighted by molar-refractivity contribution is 7.89. The molecular weight excluding hydrogens is 303 g/mol. The Labute approximate surface area is 129 Å². The second-order valence-electron chi connectivity index (χ2n) is 5.51. The van der Waals surface area contributed by atoms with Crippen molar-refractivity contribution in [2.45, 2.75) is 24.2 Å². The zero-order chi connectivity index (χ0) is 15.7. The molecule has 2 heterocycles. The molecule has 1 aliphatic rings. The molecule has 1 saturated heterocycles. The summed E-state index contributed by atoms with van der Waals surface area (Å²) in [4.78, 5) is 4.48. The Bertz CT molecular complexity index is 778. The Kier molecular flexibility index (Phi) is 3.97. The summed E-state index contributed by atoms with van der Waals surface area (Å²) in [6.45, 7) is 2.48. The van der Waals surface area contributed by atoms with Crippen LogP contribution in [0.2, 0.25) is 0 Å². The maximum atomic E-state index is 13.2. The van der Waals surface area contributed by atoms with Crippen LogP contribution in [-0.2, 0) is 10.0 Å². The number of benzene rings is 1. The lowest BCUT2D eigenvalue weighted by Crippen LogP contribution is -2.29. The summed E-state index contributed by atoms with van der Waals surface area (Å²) >= 11 is 0. The van der Waals surface area contributed by atoms with Crippen molar-refractivity contribution in [3.8, 4) is 0 Å². The van der Waals surface area contributed by atoms with Crippen molar-refractivity contribution in [3.63, 3.8) is 0 Å². The van der Waals surface area contributed by atoms with Gasteiger partial charge in [-0.2, -0.15) is 4.31 Å². The highest BCUT2D eigenvalue weighted by Gasteiger charge is 2.34. The van der Waals surface area contributed by atoms with Crippen LogP contribution in [0.25, 0.3) is 0 Å². The fraction of sp³-hybridized carbons (Fsp3) is 0.312. The van der Waals surface area contributed by atoms with E-state index in [4.69, 9.17) is 0 Å². The van der Waals surface area contributed by atoms with Gasteiger partial charge in [-0.3, -0.25) is 4.98 Å². The van der Waals surface area contributed by atoms with Gasteiger partial charge in [0.25, 0.3) is 0 Å². The normalized spacial score (nSPS) is 19.5. The summed E-state index contributed by atoms with van der Waals surface area (Å²) in [7, 11) is -3.59. The molecule has 0 spiro atoms. The summed E-state index contributed by atoms with van der Waals surface area (Å²) in [6, 6.07) is 9.45. The lowest BCUT2D eigenvalue weighted by molar-refractivity contribution is 0.471. The van der Waals surface area contributed by atoms with E-state index in [-0.39, 0.29) is 10.8 Å². The highest BCUT2D eigenvalue weighted by Crippen LogP contribution is 2.31. The Morgan fingerprint density at radius 1 is 1.27 bits per heavy atom. The standard InChI is InChI=1S/C16H17FN2O2S/c1-12-10-14(17)5-6-16(12)22(20,21)19-9-7-13(11-19)15-4-2-3-8-18-15/h2-6,8,10,13H,7,9,11H2,1H3. The van der Waals surface area contributed by atoms with Gasteiger partial charge in [0.15, 0.2) is 0 Å². The molecule has 1 aliphatic heterocycles. The van der Waals surface area contributed by atoms with E-state index in [0.717, 1.165) is 12.1 Å². The fourth-order valence-corrected chi connectivity index (χ4v) is 4.55. The van der Waals surface area contributed by atoms with E-state index < -0.39 is 15.8 Å². The first-order valence-electron chi connectivity index (χ1n) is 7.16. The lowest BCUT2D eigenvalue weighted by atomic mass is 10.0. The molecule has 1 atom stereocenters. The molecule has 1 fully saturated rings. The number of sulfonamides is 1. The van der Waals surface area contributed by atoms with E-state index in [1.807, 2.05) is 18.2 Å². The molecule has 3 rings (SSSR count). The minimum absolute atomic E-state index is 0.108. The average Bonchev–Trinajstić information content (AvgIpc) is 2.98. The molecule has 22 heavy (non-hydrogen) atoms. The van der Waals surface area contributed by atoms with Gasteiger partial charge in [0.1, 0.15) is 5.82 Å². The van der Waals surface area contributed by atoms with Crippen LogP contribution in [0.5, 0.6) is 0 Å². The van der Waals surface area contributed by atoms with Gasteiger partial charge < -0.3 is 0 Å². The molecule has 116 valence electrons. The Morgan fingerprint density at radius 3 is 2.77 bits per heavy atom. The van der Waals surface area contributed by atoms with Crippen molar-refractivity contribution in [2.75, 3.05) is 13.1 Å². The number of hydrogen-bond donors (Lipinski definition) is 0. The maximum Gasteiger partial charge on any atom is 0.243 e. The molecule has 0 saturated carbocycles. The Morgan fingerprint density at radius 2 is 2.09 bits per heavy atom. The predicted molar refractivity (Wildman–Crippen MR) is 81.5 cm³/mol. The number of aryl methyl sites for hydroxylation is 1. The highest BCUT2D eigenvalue weighted by atomic mass is 32.2. The SMILES string of the molecule is Cc1cc(F)ccc1S(=O)(=O)N1CCC(c2ccccn2)C1. The summed E-state index contributed by atoms with van der Waals surface area (Å²) in [5.41, 5.74) is 1.34. The first-order valence-corrected chi connectivity index (χ1v) is 8.60. The first-order chi connectivity index (χ1) is 10.5. The van der Waals surface area contributed by atoms with Gasteiger partial charge in [-0.15, -0.1) is 0 Å². The smallest absolute Gasteiger partial charge is 0.243 e. The van der Waals surface area contributed by atoms with E-state index in [1.54, 1.807) is 13.1 Å². The monoisotopic (exact) mass is 320 g/mol. The molecule has 0 N–H and O–H groups in total.